The van der Waals surface area contributed by atoms with E-state index < -0.39 is 5.60 Å². The van der Waals surface area contributed by atoms with E-state index in [0.29, 0.717) is 42.6 Å². The molecular formula is C35H60N2O5. The summed E-state index contributed by atoms with van der Waals surface area (Å²) < 4.78 is 11.0. The molecule has 4 saturated carbocycles. The second-order valence-electron chi connectivity index (χ2n) is 16.4. The number of esters is 2. The van der Waals surface area contributed by atoms with Crippen LogP contribution in [0.15, 0.2) is 0 Å². The molecule has 1 aliphatic heterocycles. The lowest BCUT2D eigenvalue weighted by Crippen LogP contribution is -2.50. The molecule has 4 aliphatic carbocycles. The largest absolute Gasteiger partial charge is 0.460 e. The molecule has 4 bridgehead atoms. The van der Waals surface area contributed by atoms with Crippen LogP contribution in [0.1, 0.15) is 107 Å². The van der Waals surface area contributed by atoms with Crippen molar-refractivity contribution < 1.29 is 23.9 Å². The minimum atomic E-state index is -0.425. The van der Waals surface area contributed by atoms with Gasteiger partial charge < -0.3 is 19.2 Å². The molecule has 5 fully saturated rings. The molecule has 8 atom stereocenters. The molecule has 240 valence electrons. The fourth-order valence-corrected chi connectivity index (χ4v) is 9.01. The average molecular weight is 589 g/mol. The Bertz CT molecular complexity index is 929. The van der Waals surface area contributed by atoms with Gasteiger partial charge in [0.1, 0.15) is 17.5 Å². The van der Waals surface area contributed by atoms with E-state index in [1.54, 1.807) is 0 Å². The Hall–Kier alpha value is -1.47. The number of nitrogens with zero attached hydrogens (tertiary/aromatic N) is 2. The van der Waals surface area contributed by atoms with Crippen molar-refractivity contribution >= 4 is 18.2 Å². The lowest BCUT2D eigenvalue weighted by molar-refractivity contribution is -0.158. The first-order valence-corrected chi connectivity index (χ1v) is 17.0. The van der Waals surface area contributed by atoms with Gasteiger partial charge >= 0.3 is 11.9 Å². The number of carbonyl (C=O) groups is 3. The van der Waals surface area contributed by atoms with Gasteiger partial charge in [0.25, 0.3) is 0 Å². The molecule has 0 spiro atoms. The highest BCUT2D eigenvalue weighted by molar-refractivity contribution is 5.71. The van der Waals surface area contributed by atoms with Gasteiger partial charge in [-0.05, 0) is 135 Å². The third-order valence-corrected chi connectivity index (χ3v) is 10.8. The summed E-state index contributed by atoms with van der Waals surface area (Å²) in [7, 11) is 0. The van der Waals surface area contributed by atoms with Gasteiger partial charge in [-0.3, -0.25) is 14.5 Å². The number of rotatable bonds is 8. The van der Waals surface area contributed by atoms with Crippen LogP contribution in [0.5, 0.6) is 0 Å². The summed E-state index contributed by atoms with van der Waals surface area (Å²) in [6.07, 6.45) is 9.67. The Kier molecular flexibility index (Phi) is 10.9. The predicted octanol–water partition coefficient (Wildman–Crippen LogP) is 5.99. The van der Waals surface area contributed by atoms with E-state index >= 15 is 0 Å². The smallest absolute Gasteiger partial charge is 0.306 e. The number of ether oxygens (including phenoxy) is 2. The van der Waals surface area contributed by atoms with Crippen LogP contribution in [0, 0.1) is 47.3 Å². The number of aldehydes is 1. The van der Waals surface area contributed by atoms with Crippen molar-refractivity contribution in [2.75, 3.05) is 32.7 Å². The van der Waals surface area contributed by atoms with E-state index in [1.165, 1.54) is 64.8 Å². The van der Waals surface area contributed by atoms with Crippen molar-refractivity contribution in [1.82, 2.24) is 9.80 Å². The van der Waals surface area contributed by atoms with Gasteiger partial charge in [0, 0.05) is 57.5 Å². The number of carbonyl (C=O) groups excluding carboxylic acids is 3. The molecule has 0 radical (unpaired) electrons. The zero-order valence-electron chi connectivity index (χ0n) is 27.9. The van der Waals surface area contributed by atoms with Crippen LogP contribution in [-0.4, -0.2) is 78.0 Å². The van der Waals surface area contributed by atoms with E-state index in [-0.39, 0.29) is 29.4 Å². The Balaban J connectivity index is 0.000000208. The lowest BCUT2D eigenvalue weighted by Gasteiger charge is -2.40. The zero-order valence-corrected chi connectivity index (χ0v) is 27.9. The molecule has 5 aliphatic rings. The van der Waals surface area contributed by atoms with Crippen LogP contribution in [-0.2, 0) is 23.9 Å². The van der Waals surface area contributed by atoms with E-state index in [9.17, 15) is 14.4 Å². The van der Waals surface area contributed by atoms with Gasteiger partial charge in [0.05, 0.1) is 0 Å². The highest BCUT2D eigenvalue weighted by atomic mass is 16.6. The van der Waals surface area contributed by atoms with Gasteiger partial charge in [-0.15, -0.1) is 0 Å². The minimum absolute atomic E-state index is 0.0136. The SMILES string of the molecule is CC(C)(C)OC(=O)CC1C(C=O)C2CC[C@H]1C2.CC(C)N1CCN(CC2C3CC[C@@H](C3)C2CC(=O)OC(C)(C)C)CC1. The Morgan fingerprint density at radius 2 is 1.17 bits per heavy atom. The number of piperazine rings is 1. The molecular weight excluding hydrogens is 528 g/mol. The summed E-state index contributed by atoms with van der Waals surface area (Å²) in [4.78, 5) is 40.6. The van der Waals surface area contributed by atoms with Crippen LogP contribution in [0.2, 0.25) is 0 Å². The second kappa shape index (κ2) is 13.7. The van der Waals surface area contributed by atoms with Crippen molar-refractivity contribution in [2.24, 2.45) is 47.3 Å². The molecule has 7 nitrogen and oxygen atoms in total. The first kappa shape index (κ1) is 33.4. The highest BCUT2D eigenvalue weighted by Gasteiger charge is 2.49. The summed E-state index contributed by atoms with van der Waals surface area (Å²) in [5.74, 6) is 4.17. The fraction of sp³-hybridized carbons (Fsp3) is 0.914. The highest BCUT2D eigenvalue weighted by Crippen LogP contribution is 2.54. The lowest BCUT2D eigenvalue weighted by atomic mass is 9.77. The minimum Gasteiger partial charge on any atom is -0.460 e. The fourth-order valence-electron chi connectivity index (χ4n) is 9.01. The van der Waals surface area contributed by atoms with Crippen molar-refractivity contribution in [3.8, 4) is 0 Å². The number of fused-ring (bicyclic) bond motifs is 4. The zero-order chi connectivity index (χ0) is 30.8. The van der Waals surface area contributed by atoms with Gasteiger partial charge in [-0.2, -0.15) is 0 Å². The molecule has 5 rings (SSSR count). The molecule has 1 saturated heterocycles. The maximum absolute atomic E-state index is 12.4. The maximum atomic E-state index is 12.4. The van der Waals surface area contributed by atoms with Crippen molar-refractivity contribution in [3.05, 3.63) is 0 Å². The molecule has 0 aromatic carbocycles. The van der Waals surface area contributed by atoms with E-state index in [4.69, 9.17) is 9.47 Å². The quantitative estimate of drug-likeness (QED) is 0.255. The molecule has 0 aromatic rings. The second-order valence-corrected chi connectivity index (χ2v) is 16.4. The Labute approximate surface area is 255 Å². The first-order valence-electron chi connectivity index (χ1n) is 17.0. The van der Waals surface area contributed by atoms with Gasteiger partial charge in [0.15, 0.2) is 0 Å². The third kappa shape index (κ3) is 8.80. The normalized spacial score (nSPS) is 34.8. The molecule has 6 unspecified atom stereocenters. The van der Waals surface area contributed by atoms with Crippen LogP contribution in [0.4, 0.5) is 0 Å². The van der Waals surface area contributed by atoms with Crippen molar-refractivity contribution in [1.29, 1.82) is 0 Å². The first-order chi connectivity index (χ1) is 19.6. The monoisotopic (exact) mass is 588 g/mol. The van der Waals surface area contributed by atoms with E-state index in [1.807, 2.05) is 41.5 Å². The van der Waals surface area contributed by atoms with Crippen LogP contribution in [0.3, 0.4) is 0 Å². The standard InChI is InChI=1S/C21H38N2O2.C14H22O3/c1-15(2)23-10-8-22(9-11-23)14-19-17-7-6-16(12-17)18(19)13-20(24)25-21(3,4)5;1-14(2,3)17-13(16)7-11-9-4-5-10(6-9)12(11)8-15/h15-19H,6-14H2,1-5H3;8-12H,4-7H2,1-3H3/t16-,17?,18?,19?;9-,10?,11?,12?/m00/s1. The molecule has 0 aromatic heterocycles. The molecule has 0 N–H and O–H groups in total. The van der Waals surface area contributed by atoms with Crippen molar-refractivity contribution in [3.63, 3.8) is 0 Å². The summed E-state index contributed by atoms with van der Waals surface area (Å²) in [5, 5.41) is 0. The van der Waals surface area contributed by atoms with Gasteiger partial charge in [0.2, 0.25) is 0 Å². The van der Waals surface area contributed by atoms with E-state index in [0.717, 1.165) is 24.5 Å². The maximum Gasteiger partial charge on any atom is 0.306 e. The average Bonchev–Trinajstić information content (AvgIpc) is 3.65. The Morgan fingerprint density at radius 1 is 0.714 bits per heavy atom. The van der Waals surface area contributed by atoms with Crippen LogP contribution >= 0.6 is 0 Å². The summed E-state index contributed by atoms with van der Waals surface area (Å²) >= 11 is 0. The summed E-state index contributed by atoms with van der Waals surface area (Å²) in [6.45, 7) is 22.1. The number of hydrogen-bond acceptors (Lipinski definition) is 7. The molecule has 1 heterocycles. The predicted molar refractivity (Wildman–Crippen MR) is 166 cm³/mol. The number of hydrogen-bond donors (Lipinski definition) is 0. The van der Waals surface area contributed by atoms with Crippen molar-refractivity contribution in [2.45, 2.75) is 124 Å². The third-order valence-electron chi connectivity index (χ3n) is 10.8. The summed E-state index contributed by atoms with van der Waals surface area (Å²) in [6, 6.07) is 0.657. The van der Waals surface area contributed by atoms with E-state index in [2.05, 4.69) is 23.6 Å². The summed E-state index contributed by atoms with van der Waals surface area (Å²) in [5.41, 5.74) is -0.789. The Morgan fingerprint density at radius 3 is 1.67 bits per heavy atom. The van der Waals surface area contributed by atoms with Crippen LogP contribution in [0.25, 0.3) is 0 Å². The molecule has 7 heteroatoms. The molecule has 0 amide bonds. The molecule has 42 heavy (non-hydrogen) atoms. The van der Waals surface area contributed by atoms with Gasteiger partial charge in [-0.25, -0.2) is 0 Å². The van der Waals surface area contributed by atoms with Gasteiger partial charge in [-0.1, -0.05) is 0 Å². The van der Waals surface area contributed by atoms with Crippen LogP contribution < -0.4 is 0 Å². The topological polar surface area (TPSA) is 76.2 Å².